The van der Waals surface area contributed by atoms with E-state index in [1.807, 2.05) is 35.7 Å². The maximum absolute atomic E-state index is 12.7. The first kappa shape index (κ1) is 25.0. The quantitative estimate of drug-likeness (QED) is 0.400. The minimum atomic E-state index is -1.10. The van der Waals surface area contributed by atoms with Gasteiger partial charge in [-0.2, -0.15) is 0 Å². The number of nitrogens with one attached hydrogen (secondary N) is 1. The van der Waals surface area contributed by atoms with Gasteiger partial charge in [0.2, 0.25) is 10.9 Å². The summed E-state index contributed by atoms with van der Waals surface area (Å²) in [5, 5.41) is 22.9. The van der Waals surface area contributed by atoms with E-state index in [4.69, 9.17) is 15.2 Å². The van der Waals surface area contributed by atoms with Crippen molar-refractivity contribution in [3.8, 4) is 0 Å². The van der Waals surface area contributed by atoms with Gasteiger partial charge in [0, 0.05) is 18.5 Å². The summed E-state index contributed by atoms with van der Waals surface area (Å²) in [7, 11) is 0. The lowest BCUT2D eigenvalue weighted by molar-refractivity contribution is -0.126. The Hall–Kier alpha value is -3.06. The summed E-state index contributed by atoms with van der Waals surface area (Å²) in [6.07, 6.45) is -0.474. The van der Waals surface area contributed by atoms with Gasteiger partial charge in [-0.05, 0) is 25.8 Å². The summed E-state index contributed by atoms with van der Waals surface area (Å²) < 4.78 is 13.1. The van der Waals surface area contributed by atoms with Gasteiger partial charge < -0.3 is 30.5 Å². The fourth-order valence-corrected chi connectivity index (χ4v) is 4.47. The van der Waals surface area contributed by atoms with Crippen LogP contribution in [0.5, 0.6) is 0 Å². The van der Waals surface area contributed by atoms with E-state index in [0.717, 1.165) is 5.56 Å². The fraction of sp³-hybridized carbons (Fsp3) is 0.478. The molecule has 4 rings (SSSR count). The van der Waals surface area contributed by atoms with Crippen LogP contribution in [0.3, 0.4) is 0 Å². The molecular formula is C23H30N6O5S. The van der Waals surface area contributed by atoms with Crippen molar-refractivity contribution in [2.24, 2.45) is 5.73 Å². The Morgan fingerprint density at radius 3 is 2.74 bits per heavy atom. The number of aromatic nitrogens is 3. The highest BCUT2D eigenvalue weighted by Crippen LogP contribution is 2.23. The lowest BCUT2D eigenvalue weighted by Gasteiger charge is -2.23. The molecule has 0 spiro atoms. The normalized spacial score (nSPS) is 17.0. The van der Waals surface area contributed by atoms with Crippen molar-refractivity contribution in [1.29, 1.82) is 0 Å². The van der Waals surface area contributed by atoms with Crippen LogP contribution in [0, 0.1) is 0 Å². The topological polar surface area (TPSA) is 144 Å². The van der Waals surface area contributed by atoms with Crippen LogP contribution in [0.4, 0.5) is 4.79 Å². The molecule has 188 valence electrons. The number of nitrogens with zero attached hydrogens (tertiary/aromatic N) is 4. The highest BCUT2D eigenvalue weighted by molar-refractivity contribution is 7.15. The number of fused-ring (bicyclic) bond motifs is 1. The van der Waals surface area contributed by atoms with Crippen molar-refractivity contribution in [3.63, 3.8) is 0 Å². The average Bonchev–Trinajstić information content (AvgIpc) is 3.54. The molecular weight excluding hydrogens is 472 g/mol. The van der Waals surface area contributed by atoms with Gasteiger partial charge in [0.1, 0.15) is 12.6 Å². The number of ether oxygens (including phenoxy) is 2. The van der Waals surface area contributed by atoms with E-state index in [-0.39, 0.29) is 25.7 Å². The molecule has 0 bridgehead atoms. The summed E-state index contributed by atoms with van der Waals surface area (Å²) in [6, 6.07) is 9.06. The smallest absolute Gasteiger partial charge is 0.410 e. The number of aliphatic hydroxyl groups is 1. The number of hydrogen-bond donors (Lipinski definition) is 3. The molecule has 2 aromatic heterocycles. The number of hydrogen-bond acceptors (Lipinski definition) is 9. The Morgan fingerprint density at radius 2 is 2.06 bits per heavy atom. The number of benzene rings is 1. The molecule has 0 unspecified atom stereocenters. The van der Waals surface area contributed by atoms with Crippen LogP contribution >= 0.6 is 11.3 Å². The van der Waals surface area contributed by atoms with Crippen molar-refractivity contribution in [1.82, 2.24) is 24.8 Å². The summed E-state index contributed by atoms with van der Waals surface area (Å²) in [4.78, 5) is 27.2. The van der Waals surface area contributed by atoms with Crippen molar-refractivity contribution < 1.29 is 24.2 Å². The number of β-amino-alcohol motifs (C(OH)–C–C–N with tert-alkyl or cyclic N) is 1. The number of nitrogens with two attached hydrogens (primary N) is 1. The molecule has 2 atom stereocenters. The molecule has 4 N–H and O–H groups in total. The number of thiazole rings is 1. The Morgan fingerprint density at radius 1 is 1.29 bits per heavy atom. The molecule has 3 aromatic rings. The van der Waals surface area contributed by atoms with Gasteiger partial charge in [-0.15, -0.1) is 21.5 Å². The SMILES string of the molecule is CC(C)(N)C(=O)N[C@H](COCc1ccccc1)c1nnc2scc(COC(=O)N3CC[C@@H](O)C3)n12. The van der Waals surface area contributed by atoms with Crippen molar-refractivity contribution in [2.45, 2.75) is 51.2 Å². The van der Waals surface area contributed by atoms with Crippen LogP contribution < -0.4 is 11.1 Å². The summed E-state index contributed by atoms with van der Waals surface area (Å²) >= 11 is 1.35. The second kappa shape index (κ2) is 10.7. The summed E-state index contributed by atoms with van der Waals surface area (Å²) in [5.74, 6) is 0.0907. The molecule has 1 fully saturated rings. The number of aliphatic hydroxyl groups excluding tert-OH is 1. The van der Waals surface area contributed by atoms with E-state index in [2.05, 4.69) is 15.5 Å². The standard InChI is InChI=1S/C23H30N6O5S/c1-23(2,24)20(31)25-18(13-33-11-15-6-4-3-5-7-15)19-26-27-21-29(19)16(14-35-21)12-34-22(32)28-9-8-17(30)10-28/h3-7,14,17-18,30H,8-13,24H2,1-2H3,(H,25,31)/t17-,18-/m1/s1. The zero-order chi connectivity index (χ0) is 25.0. The largest absolute Gasteiger partial charge is 0.443 e. The van der Waals surface area contributed by atoms with Crippen LogP contribution in [0.25, 0.3) is 4.96 Å². The van der Waals surface area contributed by atoms with E-state index in [0.29, 0.717) is 36.1 Å². The van der Waals surface area contributed by atoms with Crippen LogP contribution in [-0.4, -0.2) is 67.9 Å². The predicted molar refractivity (Wildman–Crippen MR) is 128 cm³/mol. The molecule has 1 aliphatic rings. The molecule has 0 aliphatic carbocycles. The van der Waals surface area contributed by atoms with Crippen molar-refractivity contribution in [2.75, 3.05) is 19.7 Å². The molecule has 35 heavy (non-hydrogen) atoms. The highest BCUT2D eigenvalue weighted by Gasteiger charge is 2.30. The zero-order valence-corrected chi connectivity index (χ0v) is 20.5. The average molecular weight is 503 g/mol. The third kappa shape index (κ3) is 6.14. The molecule has 1 saturated heterocycles. The van der Waals surface area contributed by atoms with Crippen LogP contribution in [0.1, 0.15) is 43.4 Å². The number of amides is 2. The maximum atomic E-state index is 12.7. The van der Waals surface area contributed by atoms with Crippen LogP contribution in [-0.2, 0) is 27.5 Å². The van der Waals surface area contributed by atoms with Crippen LogP contribution in [0.15, 0.2) is 35.7 Å². The number of carbonyl (C=O) groups is 2. The van der Waals surface area contributed by atoms with Gasteiger partial charge in [-0.3, -0.25) is 9.20 Å². The monoisotopic (exact) mass is 502 g/mol. The van der Waals surface area contributed by atoms with E-state index >= 15 is 0 Å². The third-order valence-electron chi connectivity index (χ3n) is 5.61. The Labute approximate surface area is 206 Å². The van der Waals surface area contributed by atoms with Gasteiger partial charge in [-0.1, -0.05) is 30.3 Å². The van der Waals surface area contributed by atoms with E-state index in [9.17, 15) is 14.7 Å². The second-order valence-electron chi connectivity index (χ2n) is 9.09. The van der Waals surface area contributed by atoms with Crippen molar-refractivity contribution >= 4 is 28.3 Å². The van der Waals surface area contributed by atoms with Crippen molar-refractivity contribution in [3.05, 3.63) is 52.8 Å². The fourth-order valence-electron chi connectivity index (χ4n) is 3.65. The molecule has 3 heterocycles. The number of rotatable bonds is 9. The first-order valence-corrected chi connectivity index (χ1v) is 12.2. The minimum absolute atomic E-state index is 0.00953. The summed E-state index contributed by atoms with van der Waals surface area (Å²) in [5.41, 5.74) is 6.56. The molecule has 12 heteroatoms. The molecule has 0 saturated carbocycles. The molecule has 0 radical (unpaired) electrons. The first-order chi connectivity index (χ1) is 16.7. The second-order valence-corrected chi connectivity index (χ2v) is 9.93. The minimum Gasteiger partial charge on any atom is -0.443 e. The Bertz CT molecular complexity index is 1160. The lowest BCUT2D eigenvalue weighted by Crippen LogP contribution is -2.51. The Balaban J connectivity index is 1.51. The summed E-state index contributed by atoms with van der Waals surface area (Å²) in [6.45, 7) is 4.44. The predicted octanol–water partition coefficient (Wildman–Crippen LogP) is 1.61. The lowest BCUT2D eigenvalue weighted by atomic mass is 10.1. The van der Waals surface area contributed by atoms with Gasteiger partial charge in [0.25, 0.3) is 0 Å². The third-order valence-corrected chi connectivity index (χ3v) is 6.47. The highest BCUT2D eigenvalue weighted by atomic mass is 32.1. The van der Waals surface area contributed by atoms with Gasteiger partial charge in [0.15, 0.2) is 5.82 Å². The number of carbonyl (C=O) groups excluding carboxylic acids is 2. The number of likely N-dealkylation sites (tertiary alicyclic amines) is 1. The van der Waals surface area contributed by atoms with Crippen LogP contribution in [0.2, 0.25) is 0 Å². The zero-order valence-electron chi connectivity index (χ0n) is 19.7. The van der Waals surface area contributed by atoms with Gasteiger partial charge in [0.05, 0.1) is 30.6 Å². The van der Waals surface area contributed by atoms with Gasteiger partial charge in [-0.25, -0.2) is 4.79 Å². The Kier molecular flexibility index (Phi) is 7.65. The van der Waals surface area contributed by atoms with E-state index < -0.39 is 23.8 Å². The van der Waals surface area contributed by atoms with Gasteiger partial charge >= 0.3 is 6.09 Å². The first-order valence-electron chi connectivity index (χ1n) is 11.3. The van der Waals surface area contributed by atoms with E-state index in [1.165, 1.54) is 16.2 Å². The molecule has 1 aromatic carbocycles. The molecule has 11 nitrogen and oxygen atoms in total. The van der Waals surface area contributed by atoms with E-state index in [1.54, 1.807) is 18.2 Å². The molecule has 1 aliphatic heterocycles. The molecule has 2 amide bonds. The maximum Gasteiger partial charge on any atom is 0.410 e.